The van der Waals surface area contributed by atoms with Gasteiger partial charge in [0, 0.05) is 18.7 Å². The van der Waals surface area contributed by atoms with Crippen LogP contribution in [0.2, 0.25) is 0 Å². The van der Waals surface area contributed by atoms with Crippen molar-refractivity contribution in [2.45, 2.75) is 38.2 Å². The fourth-order valence-electron chi connectivity index (χ4n) is 2.36. The van der Waals surface area contributed by atoms with Crippen LogP contribution < -0.4 is 15.8 Å². The van der Waals surface area contributed by atoms with Crippen molar-refractivity contribution in [2.24, 2.45) is 0 Å². The molecule has 1 aliphatic heterocycles. The van der Waals surface area contributed by atoms with Crippen molar-refractivity contribution in [1.82, 2.24) is 0 Å². The molecule has 1 atom stereocenters. The summed E-state index contributed by atoms with van der Waals surface area (Å²) in [7, 11) is 1.56. The number of benzene rings is 1. The molecule has 5 heteroatoms. The maximum atomic E-state index is 11.9. The summed E-state index contributed by atoms with van der Waals surface area (Å²) in [6.45, 7) is 0.821. The van der Waals surface area contributed by atoms with Crippen molar-refractivity contribution >= 4 is 17.3 Å². The molecule has 0 saturated carbocycles. The Hall–Kier alpha value is -1.75. The Labute approximate surface area is 119 Å². The van der Waals surface area contributed by atoms with Crippen molar-refractivity contribution in [1.29, 1.82) is 0 Å². The Morgan fingerprint density at radius 2 is 2.35 bits per heavy atom. The first kappa shape index (κ1) is 14.7. The predicted molar refractivity (Wildman–Crippen MR) is 78.9 cm³/mol. The van der Waals surface area contributed by atoms with Gasteiger partial charge in [-0.05, 0) is 43.9 Å². The maximum absolute atomic E-state index is 11.9. The smallest absolute Gasteiger partial charge is 0.224 e. The van der Waals surface area contributed by atoms with Crippen LogP contribution in [0.25, 0.3) is 0 Å². The molecule has 0 spiro atoms. The van der Waals surface area contributed by atoms with Crippen LogP contribution in [0.4, 0.5) is 11.4 Å². The van der Waals surface area contributed by atoms with Gasteiger partial charge in [-0.1, -0.05) is 0 Å². The number of ether oxygens (including phenoxy) is 2. The molecule has 0 radical (unpaired) electrons. The minimum Gasteiger partial charge on any atom is -0.495 e. The molecular weight excluding hydrogens is 256 g/mol. The van der Waals surface area contributed by atoms with Gasteiger partial charge in [0.2, 0.25) is 5.91 Å². The second kappa shape index (κ2) is 7.14. The lowest BCUT2D eigenvalue weighted by Gasteiger charge is -2.22. The van der Waals surface area contributed by atoms with Crippen molar-refractivity contribution in [2.75, 3.05) is 24.8 Å². The molecule has 0 bridgehead atoms. The van der Waals surface area contributed by atoms with Crippen LogP contribution in [0, 0.1) is 0 Å². The van der Waals surface area contributed by atoms with E-state index in [1.165, 1.54) is 6.42 Å². The topological polar surface area (TPSA) is 73.6 Å². The van der Waals surface area contributed by atoms with Gasteiger partial charge in [0.15, 0.2) is 0 Å². The molecule has 5 nitrogen and oxygen atoms in total. The average Bonchev–Trinajstić information content (AvgIpc) is 2.46. The zero-order valence-electron chi connectivity index (χ0n) is 11.9. The van der Waals surface area contributed by atoms with Gasteiger partial charge in [-0.3, -0.25) is 4.79 Å². The standard InChI is InChI=1S/C15H22N2O3/c1-19-14-7-5-11(10-13(14)16)17-15(18)8-6-12-4-2-3-9-20-12/h5,7,10,12H,2-4,6,8-9,16H2,1H3,(H,17,18). The molecular formula is C15H22N2O3. The number of nitrogen functional groups attached to an aromatic ring is 1. The summed E-state index contributed by atoms with van der Waals surface area (Å²) in [6, 6.07) is 5.23. The zero-order valence-corrected chi connectivity index (χ0v) is 11.9. The number of anilines is 2. The molecule has 2 rings (SSSR count). The number of amides is 1. The highest BCUT2D eigenvalue weighted by Gasteiger charge is 2.15. The lowest BCUT2D eigenvalue weighted by molar-refractivity contribution is -0.117. The lowest BCUT2D eigenvalue weighted by atomic mass is 10.0. The van der Waals surface area contributed by atoms with Gasteiger partial charge in [-0.2, -0.15) is 0 Å². The summed E-state index contributed by atoms with van der Waals surface area (Å²) in [4.78, 5) is 11.9. The van der Waals surface area contributed by atoms with E-state index in [9.17, 15) is 4.79 Å². The van der Waals surface area contributed by atoms with Gasteiger partial charge >= 0.3 is 0 Å². The molecule has 1 aromatic carbocycles. The van der Waals surface area contributed by atoms with E-state index in [0.29, 0.717) is 23.5 Å². The van der Waals surface area contributed by atoms with Crippen LogP contribution in [-0.2, 0) is 9.53 Å². The SMILES string of the molecule is COc1ccc(NC(=O)CCC2CCCCO2)cc1N. The van der Waals surface area contributed by atoms with Crippen molar-refractivity contribution in [3.8, 4) is 5.75 Å². The van der Waals surface area contributed by atoms with Gasteiger partial charge in [0.1, 0.15) is 5.75 Å². The fourth-order valence-corrected chi connectivity index (χ4v) is 2.36. The van der Waals surface area contributed by atoms with Crippen molar-refractivity contribution in [3.63, 3.8) is 0 Å². The van der Waals surface area contributed by atoms with Crippen molar-refractivity contribution < 1.29 is 14.3 Å². The molecule has 110 valence electrons. The lowest BCUT2D eigenvalue weighted by Crippen LogP contribution is -2.21. The Morgan fingerprint density at radius 1 is 1.50 bits per heavy atom. The van der Waals surface area contributed by atoms with Gasteiger partial charge in [0.25, 0.3) is 0 Å². The van der Waals surface area contributed by atoms with Crippen LogP contribution in [-0.4, -0.2) is 25.7 Å². The van der Waals surface area contributed by atoms with E-state index < -0.39 is 0 Å². The summed E-state index contributed by atoms with van der Waals surface area (Å²) >= 11 is 0. The van der Waals surface area contributed by atoms with Gasteiger partial charge in [-0.25, -0.2) is 0 Å². The van der Waals surface area contributed by atoms with Crippen molar-refractivity contribution in [3.05, 3.63) is 18.2 Å². The number of methoxy groups -OCH3 is 1. The number of carbonyl (C=O) groups excluding carboxylic acids is 1. The predicted octanol–water partition coefficient (Wildman–Crippen LogP) is 2.57. The van der Waals surface area contributed by atoms with Crippen LogP contribution in [0.15, 0.2) is 18.2 Å². The average molecular weight is 278 g/mol. The number of hydrogen-bond donors (Lipinski definition) is 2. The summed E-state index contributed by atoms with van der Waals surface area (Å²) in [5.41, 5.74) is 7.01. The zero-order chi connectivity index (χ0) is 14.4. The van der Waals surface area contributed by atoms with Crippen LogP contribution in [0.1, 0.15) is 32.1 Å². The van der Waals surface area contributed by atoms with E-state index >= 15 is 0 Å². The molecule has 1 amide bonds. The van der Waals surface area contributed by atoms with Gasteiger partial charge < -0.3 is 20.5 Å². The second-order valence-electron chi connectivity index (χ2n) is 5.03. The second-order valence-corrected chi connectivity index (χ2v) is 5.03. The van der Waals surface area contributed by atoms with E-state index in [1.54, 1.807) is 25.3 Å². The summed E-state index contributed by atoms with van der Waals surface area (Å²) < 4.78 is 10.7. The summed E-state index contributed by atoms with van der Waals surface area (Å²) in [5.74, 6) is 0.599. The first-order valence-corrected chi connectivity index (χ1v) is 7.04. The molecule has 1 saturated heterocycles. The number of carbonyl (C=O) groups is 1. The van der Waals surface area contributed by atoms with Crippen LogP contribution >= 0.6 is 0 Å². The van der Waals surface area contributed by atoms with E-state index in [-0.39, 0.29) is 12.0 Å². The number of rotatable bonds is 5. The Morgan fingerprint density at radius 3 is 3.00 bits per heavy atom. The Balaban J connectivity index is 1.80. The quantitative estimate of drug-likeness (QED) is 0.812. The molecule has 1 heterocycles. The molecule has 20 heavy (non-hydrogen) atoms. The van der Waals surface area contributed by atoms with E-state index in [0.717, 1.165) is 25.9 Å². The van der Waals surface area contributed by atoms with Gasteiger partial charge in [0.05, 0.1) is 18.9 Å². The third-order valence-corrected chi connectivity index (χ3v) is 3.48. The third kappa shape index (κ3) is 4.13. The Bertz CT molecular complexity index is 456. The third-order valence-electron chi connectivity index (χ3n) is 3.48. The Kier molecular flexibility index (Phi) is 5.24. The number of nitrogens with two attached hydrogens (primary N) is 1. The highest BCUT2D eigenvalue weighted by molar-refractivity contribution is 5.91. The number of hydrogen-bond acceptors (Lipinski definition) is 4. The highest BCUT2D eigenvalue weighted by atomic mass is 16.5. The minimum atomic E-state index is -0.0104. The van der Waals surface area contributed by atoms with E-state index in [1.807, 2.05) is 0 Å². The molecule has 1 aromatic rings. The molecule has 0 aliphatic carbocycles. The maximum Gasteiger partial charge on any atom is 0.224 e. The summed E-state index contributed by atoms with van der Waals surface area (Å²) in [6.07, 6.45) is 4.86. The first-order chi connectivity index (χ1) is 9.69. The van der Waals surface area contributed by atoms with Gasteiger partial charge in [-0.15, -0.1) is 0 Å². The molecule has 1 aliphatic rings. The molecule has 1 fully saturated rings. The minimum absolute atomic E-state index is 0.0104. The molecule has 1 unspecified atom stereocenters. The normalized spacial score (nSPS) is 18.6. The highest BCUT2D eigenvalue weighted by Crippen LogP contribution is 2.25. The largest absolute Gasteiger partial charge is 0.495 e. The van der Waals surface area contributed by atoms with E-state index in [2.05, 4.69) is 5.32 Å². The monoisotopic (exact) mass is 278 g/mol. The fraction of sp³-hybridized carbons (Fsp3) is 0.533. The van der Waals surface area contributed by atoms with Crippen LogP contribution in [0.3, 0.4) is 0 Å². The number of nitrogens with one attached hydrogen (secondary N) is 1. The molecule has 0 aromatic heterocycles. The first-order valence-electron chi connectivity index (χ1n) is 7.04. The molecule has 3 N–H and O–H groups in total. The van der Waals surface area contributed by atoms with Crippen LogP contribution in [0.5, 0.6) is 5.75 Å². The summed E-state index contributed by atoms with van der Waals surface area (Å²) in [5, 5.41) is 2.84. The van der Waals surface area contributed by atoms with E-state index in [4.69, 9.17) is 15.2 Å².